The highest BCUT2D eigenvalue weighted by atomic mass is 16.5. The number of ether oxygens (including phenoxy) is 2. The summed E-state index contributed by atoms with van der Waals surface area (Å²) >= 11 is 0. The third kappa shape index (κ3) is 6.64. The molecule has 0 fully saturated rings. The van der Waals surface area contributed by atoms with Crippen molar-refractivity contribution in [2.24, 2.45) is 0 Å². The van der Waals surface area contributed by atoms with Crippen LogP contribution in [0.25, 0.3) is 0 Å². The van der Waals surface area contributed by atoms with Crippen molar-refractivity contribution >= 4 is 5.91 Å². The van der Waals surface area contributed by atoms with Crippen molar-refractivity contribution in [2.75, 3.05) is 33.5 Å². The van der Waals surface area contributed by atoms with E-state index in [2.05, 4.69) is 15.6 Å². The van der Waals surface area contributed by atoms with Crippen LogP contribution < -0.4 is 5.32 Å². The van der Waals surface area contributed by atoms with E-state index in [9.17, 15) is 4.79 Å². The van der Waals surface area contributed by atoms with Gasteiger partial charge in [0.1, 0.15) is 6.61 Å². The highest BCUT2D eigenvalue weighted by Crippen LogP contribution is 1.86. The second-order valence-electron chi connectivity index (χ2n) is 3.42. The maximum absolute atomic E-state index is 11.3. The molecular weight excluding hydrogens is 224 g/mol. The van der Waals surface area contributed by atoms with E-state index >= 15 is 0 Å². The maximum atomic E-state index is 11.3. The van der Waals surface area contributed by atoms with Gasteiger partial charge in [-0.05, 0) is 6.42 Å². The number of hydrogen-bond donors (Lipinski definition) is 1. The summed E-state index contributed by atoms with van der Waals surface area (Å²) in [5.41, 5.74) is 0. The van der Waals surface area contributed by atoms with Gasteiger partial charge in [-0.25, -0.2) is 0 Å². The molecule has 0 aliphatic rings. The second kappa shape index (κ2) is 8.66. The van der Waals surface area contributed by atoms with E-state index in [4.69, 9.17) is 9.47 Å². The predicted octanol–water partition coefficient (Wildman–Crippen LogP) is -0.553. The average Bonchev–Trinajstić information content (AvgIpc) is 2.83. The van der Waals surface area contributed by atoms with E-state index in [-0.39, 0.29) is 12.5 Å². The lowest BCUT2D eigenvalue weighted by Gasteiger charge is -2.05. The monoisotopic (exact) mass is 242 g/mol. The number of aromatic nitrogens is 3. The maximum Gasteiger partial charge on any atom is 0.246 e. The first kappa shape index (κ1) is 13.6. The van der Waals surface area contributed by atoms with Gasteiger partial charge in [-0.3, -0.25) is 9.48 Å². The molecule has 7 nitrogen and oxygen atoms in total. The Morgan fingerprint density at radius 1 is 1.47 bits per heavy atom. The zero-order valence-corrected chi connectivity index (χ0v) is 9.96. The van der Waals surface area contributed by atoms with E-state index in [1.54, 1.807) is 24.2 Å². The van der Waals surface area contributed by atoms with E-state index < -0.39 is 0 Å². The number of aryl methyl sites for hydroxylation is 1. The molecule has 0 aromatic carbocycles. The van der Waals surface area contributed by atoms with Crippen molar-refractivity contribution in [3.8, 4) is 0 Å². The van der Waals surface area contributed by atoms with Gasteiger partial charge in [0.25, 0.3) is 0 Å². The van der Waals surface area contributed by atoms with Crippen molar-refractivity contribution < 1.29 is 14.3 Å². The molecule has 0 saturated heterocycles. The van der Waals surface area contributed by atoms with Crippen molar-refractivity contribution in [3.63, 3.8) is 0 Å². The molecule has 17 heavy (non-hydrogen) atoms. The van der Waals surface area contributed by atoms with Crippen LogP contribution in [-0.4, -0.2) is 54.4 Å². The van der Waals surface area contributed by atoms with Crippen molar-refractivity contribution in [1.82, 2.24) is 20.3 Å². The Kier molecular flexibility index (Phi) is 6.92. The fraction of sp³-hybridized carbons (Fsp3) is 0.700. The summed E-state index contributed by atoms with van der Waals surface area (Å²) in [6.45, 7) is 2.35. The van der Waals surface area contributed by atoms with Crippen molar-refractivity contribution in [3.05, 3.63) is 12.4 Å². The molecule has 1 heterocycles. The molecule has 1 aromatic rings. The third-order valence-electron chi connectivity index (χ3n) is 2.02. The van der Waals surface area contributed by atoms with Gasteiger partial charge in [-0.15, -0.1) is 5.10 Å². The van der Waals surface area contributed by atoms with Crippen LogP contribution in [0.5, 0.6) is 0 Å². The van der Waals surface area contributed by atoms with Gasteiger partial charge in [-0.1, -0.05) is 5.21 Å². The topological polar surface area (TPSA) is 78.3 Å². The molecule has 0 unspecified atom stereocenters. The number of carbonyl (C=O) groups excluding carboxylic acids is 1. The normalized spacial score (nSPS) is 10.4. The number of nitrogens with zero attached hydrogens (tertiary/aromatic N) is 3. The fourth-order valence-corrected chi connectivity index (χ4v) is 1.18. The molecule has 0 saturated carbocycles. The van der Waals surface area contributed by atoms with Gasteiger partial charge in [0.2, 0.25) is 5.91 Å². The van der Waals surface area contributed by atoms with E-state index in [1.807, 2.05) is 0 Å². The zero-order chi connectivity index (χ0) is 12.3. The zero-order valence-electron chi connectivity index (χ0n) is 9.96. The summed E-state index contributed by atoms with van der Waals surface area (Å²) in [5.74, 6) is -0.111. The lowest BCUT2D eigenvalue weighted by Crippen LogP contribution is -2.29. The minimum absolute atomic E-state index is 0.0761. The largest absolute Gasteiger partial charge is 0.382 e. The van der Waals surface area contributed by atoms with E-state index in [0.29, 0.717) is 19.8 Å². The number of methoxy groups -OCH3 is 1. The van der Waals surface area contributed by atoms with Crippen LogP contribution in [0.1, 0.15) is 6.42 Å². The van der Waals surface area contributed by atoms with Gasteiger partial charge in [-0.2, -0.15) is 0 Å². The first-order valence-corrected chi connectivity index (χ1v) is 5.50. The summed E-state index contributed by atoms with van der Waals surface area (Å²) in [7, 11) is 1.59. The van der Waals surface area contributed by atoms with E-state index in [1.165, 1.54) is 0 Å². The molecule has 0 radical (unpaired) electrons. The number of hydrogen-bond acceptors (Lipinski definition) is 5. The number of rotatable bonds is 9. The van der Waals surface area contributed by atoms with Crippen LogP contribution in [0.2, 0.25) is 0 Å². The molecule has 0 aliphatic heterocycles. The summed E-state index contributed by atoms with van der Waals surface area (Å²) in [6, 6.07) is 0. The van der Waals surface area contributed by atoms with Gasteiger partial charge in [0, 0.05) is 26.4 Å². The Morgan fingerprint density at radius 2 is 2.35 bits per heavy atom. The molecule has 1 N–H and O–H groups in total. The van der Waals surface area contributed by atoms with Gasteiger partial charge < -0.3 is 14.8 Å². The summed E-state index contributed by atoms with van der Waals surface area (Å²) < 4.78 is 11.6. The Bertz CT molecular complexity index is 303. The van der Waals surface area contributed by atoms with Crippen LogP contribution in [0.4, 0.5) is 0 Å². The molecular formula is C10H18N4O3. The van der Waals surface area contributed by atoms with Crippen LogP contribution >= 0.6 is 0 Å². The minimum Gasteiger partial charge on any atom is -0.382 e. The number of carbonyl (C=O) groups is 1. The van der Waals surface area contributed by atoms with Crippen LogP contribution in [-0.2, 0) is 20.8 Å². The smallest absolute Gasteiger partial charge is 0.246 e. The molecule has 1 rings (SSSR count). The molecule has 0 spiro atoms. The van der Waals surface area contributed by atoms with Gasteiger partial charge >= 0.3 is 0 Å². The Hall–Kier alpha value is -1.47. The predicted molar refractivity (Wildman–Crippen MR) is 60.3 cm³/mol. The standard InChI is InChI=1S/C10H18N4O3/c1-16-7-8-17-9-10(15)11-3-2-5-14-6-4-12-13-14/h4,6H,2-3,5,7-9H2,1H3,(H,11,15). The van der Waals surface area contributed by atoms with Gasteiger partial charge in [0.15, 0.2) is 0 Å². The summed E-state index contributed by atoms with van der Waals surface area (Å²) in [6.07, 6.45) is 4.23. The third-order valence-corrected chi connectivity index (χ3v) is 2.02. The molecule has 1 aromatic heterocycles. The SMILES string of the molecule is COCCOCC(=O)NCCCn1ccnn1. The van der Waals surface area contributed by atoms with Crippen molar-refractivity contribution in [1.29, 1.82) is 0 Å². The highest BCUT2D eigenvalue weighted by molar-refractivity contribution is 5.77. The molecule has 7 heteroatoms. The Balaban J connectivity index is 1.93. The average molecular weight is 242 g/mol. The Labute approximate surface area is 100 Å². The molecule has 1 amide bonds. The highest BCUT2D eigenvalue weighted by Gasteiger charge is 2.00. The number of amides is 1. The van der Waals surface area contributed by atoms with Crippen LogP contribution in [0, 0.1) is 0 Å². The quantitative estimate of drug-likeness (QED) is 0.588. The molecule has 0 atom stereocenters. The van der Waals surface area contributed by atoms with Gasteiger partial charge in [0.05, 0.1) is 19.4 Å². The van der Waals surface area contributed by atoms with E-state index in [0.717, 1.165) is 13.0 Å². The molecule has 96 valence electrons. The lowest BCUT2D eigenvalue weighted by molar-refractivity contribution is -0.126. The second-order valence-corrected chi connectivity index (χ2v) is 3.42. The first-order valence-electron chi connectivity index (χ1n) is 5.50. The summed E-state index contributed by atoms with van der Waals surface area (Å²) in [4.78, 5) is 11.3. The lowest BCUT2D eigenvalue weighted by atomic mass is 10.4. The molecule has 0 bridgehead atoms. The molecule has 0 aliphatic carbocycles. The fourth-order valence-electron chi connectivity index (χ4n) is 1.18. The number of nitrogens with one attached hydrogen (secondary N) is 1. The first-order chi connectivity index (χ1) is 8.33. The van der Waals surface area contributed by atoms with Crippen LogP contribution in [0.3, 0.4) is 0 Å². The van der Waals surface area contributed by atoms with Crippen LogP contribution in [0.15, 0.2) is 12.4 Å². The Morgan fingerprint density at radius 3 is 3.06 bits per heavy atom. The van der Waals surface area contributed by atoms with Crippen molar-refractivity contribution in [2.45, 2.75) is 13.0 Å². The summed E-state index contributed by atoms with van der Waals surface area (Å²) in [5, 5.41) is 10.3. The minimum atomic E-state index is -0.111.